The van der Waals surface area contributed by atoms with Gasteiger partial charge in [-0.1, -0.05) is 30.3 Å². The second kappa shape index (κ2) is 10.6. The van der Waals surface area contributed by atoms with Gasteiger partial charge in [0.05, 0.1) is 11.3 Å². The largest absolute Gasteiger partial charge is 0.437 e. The maximum atomic E-state index is 13.1. The Balaban J connectivity index is 1.17. The number of pyridine rings is 1. The van der Waals surface area contributed by atoms with E-state index < -0.39 is 0 Å². The van der Waals surface area contributed by atoms with E-state index in [2.05, 4.69) is 44.9 Å². The molecule has 0 spiro atoms. The van der Waals surface area contributed by atoms with Gasteiger partial charge in [0.25, 0.3) is 0 Å². The van der Waals surface area contributed by atoms with Crippen LogP contribution in [-0.2, 0) is 11.2 Å². The average molecular weight is 534 g/mol. The van der Waals surface area contributed by atoms with Crippen LogP contribution in [0.2, 0.25) is 0 Å². The van der Waals surface area contributed by atoms with Gasteiger partial charge in [-0.15, -0.1) is 0 Å². The highest BCUT2D eigenvalue weighted by atomic mass is 16.5. The van der Waals surface area contributed by atoms with Crippen molar-refractivity contribution in [2.45, 2.75) is 51.5 Å². The van der Waals surface area contributed by atoms with E-state index in [0.29, 0.717) is 36.0 Å². The van der Waals surface area contributed by atoms with Crippen LogP contribution in [0, 0.1) is 24.7 Å². The van der Waals surface area contributed by atoms with Gasteiger partial charge < -0.3 is 15.4 Å². The first-order valence-electron chi connectivity index (χ1n) is 14.6. The standard InChI is InChI=1S/C33H35N5O2/c1-20-9-12-24-22(17-30(39)28-18-27(28)21-10-11-21)5-2-7-25(24)31(20)40-32-26(8-4-15-35-32)29-13-16-36-33(38-29)37-23-6-3-14-34-19-23/h2,4-5,7-9,12-13,15-16,21,23,27-28,34H,3,6,10-11,14,17-19H2,1H3,(H,36,37,38)/t23-,27?,28+/m0/s1. The summed E-state index contributed by atoms with van der Waals surface area (Å²) in [4.78, 5) is 27.0. The number of nitrogens with zero attached hydrogens (tertiary/aromatic N) is 3. The van der Waals surface area contributed by atoms with Crippen LogP contribution in [0.5, 0.6) is 11.6 Å². The van der Waals surface area contributed by atoms with Gasteiger partial charge in [0.15, 0.2) is 0 Å². The van der Waals surface area contributed by atoms with Crippen LogP contribution in [0.15, 0.2) is 60.9 Å². The molecule has 2 saturated carbocycles. The van der Waals surface area contributed by atoms with Crippen molar-refractivity contribution in [3.63, 3.8) is 0 Å². The zero-order valence-electron chi connectivity index (χ0n) is 22.9. The Labute approximate surface area is 234 Å². The molecule has 0 amide bonds. The molecule has 3 fully saturated rings. The summed E-state index contributed by atoms with van der Waals surface area (Å²) in [6.45, 7) is 4.01. The van der Waals surface area contributed by atoms with Gasteiger partial charge in [-0.2, -0.15) is 0 Å². The molecule has 1 aliphatic heterocycles. The van der Waals surface area contributed by atoms with Crippen molar-refractivity contribution in [2.24, 2.45) is 17.8 Å². The number of Topliss-reactive ketones (excluding diaryl/α,β-unsaturated/α-hetero) is 1. The monoisotopic (exact) mass is 533 g/mol. The molecule has 40 heavy (non-hydrogen) atoms. The van der Waals surface area contributed by atoms with Gasteiger partial charge in [0, 0.05) is 42.7 Å². The SMILES string of the molecule is Cc1ccc2c(CC(=O)[C@@H]3CC3C3CC3)cccc2c1Oc1ncccc1-c1ccnc(N[C@H]2CCCNC2)n1. The van der Waals surface area contributed by atoms with Gasteiger partial charge in [0.2, 0.25) is 11.8 Å². The Hall–Kier alpha value is -3.84. The van der Waals surface area contributed by atoms with Crippen molar-refractivity contribution in [1.29, 1.82) is 0 Å². The molecule has 0 radical (unpaired) electrons. The van der Waals surface area contributed by atoms with Crippen molar-refractivity contribution in [2.75, 3.05) is 18.4 Å². The van der Waals surface area contributed by atoms with E-state index in [1.54, 1.807) is 12.4 Å². The first-order chi connectivity index (χ1) is 19.6. The summed E-state index contributed by atoms with van der Waals surface area (Å²) in [6, 6.07) is 16.5. The van der Waals surface area contributed by atoms with E-state index in [4.69, 9.17) is 9.72 Å². The molecule has 3 atom stereocenters. The highest BCUT2D eigenvalue weighted by molar-refractivity contribution is 5.96. The van der Waals surface area contributed by atoms with Gasteiger partial charge in [-0.3, -0.25) is 4.79 Å². The van der Waals surface area contributed by atoms with E-state index >= 15 is 0 Å². The molecule has 204 valence electrons. The van der Waals surface area contributed by atoms with Crippen LogP contribution in [0.1, 0.15) is 43.2 Å². The number of piperidine rings is 1. The highest BCUT2D eigenvalue weighted by Crippen LogP contribution is 2.55. The van der Waals surface area contributed by atoms with Gasteiger partial charge in [0.1, 0.15) is 11.5 Å². The van der Waals surface area contributed by atoms with Crippen LogP contribution >= 0.6 is 0 Å². The number of carbonyl (C=O) groups is 1. The fourth-order valence-electron chi connectivity index (χ4n) is 6.24. The minimum Gasteiger partial charge on any atom is -0.437 e. The number of rotatable bonds is 9. The summed E-state index contributed by atoms with van der Waals surface area (Å²) >= 11 is 0. The number of ketones is 1. The number of hydrogen-bond acceptors (Lipinski definition) is 7. The molecule has 3 aliphatic rings. The Morgan fingerprint density at radius 3 is 2.80 bits per heavy atom. The van der Waals surface area contributed by atoms with E-state index in [9.17, 15) is 4.79 Å². The Bertz CT molecular complexity index is 1560. The molecule has 1 unspecified atom stereocenters. The fraction of sp³-hybridized carbons (Fsp3) is 0.394. The lowest BCUT2D eigenvalue weighted by Gasteiger charge is -2.23. The van der Waals surface area contributed by atoms with E-state index in [-0.39, 0.29) is 5.92 Å². The van der Waals surface area contributed by atoms with Crippen LogP contribution in [0.3, 0.4) is 0 Å². The minimum absolute atomic E-state index is 0.265. The predicted octanol–water partition coefficient (Wildman–Crippen LogP) is 6.11. The molecule has 2 N–H and O–H groups in total. The summed E-state index contributed by atoms with van der Waals surface area (Å²) in [6.07, 6.45) is 9.93. The molecule has 7 rings (SSSR count). The lowest BCUT2D eigenvalue weighted by molar-refractivity contribution is -0.119. The lowest BCUT2D eigenvalue weighted by atomic mass is 9.96. The molecular weight excluding hydrogens is 498 g/mol. The normalized spacial score (nSPS) is 22.2. The second-order valence-corrected chi connectivity index (χ2v) is 11.6. The molecule has 0 bridgehead atoms. The molecule has 2 aromatic heterocycles. The first kappa shape index (κ1) is 25.1. The van der Waals surface area contributed by atoms with Crippen LogP contribution in [0.4, 0.5) is 5.95 Å². The number of aryl methyl sites for hydroxylation is 1. The van der Waals surface area contributed by atoms with Gasteiger partial charge in [-0.05, 0) is 92.1 Å². The number of carbonyl (C=O) groups excluding carboxylic acids is 1. The van der Waals surface area contributed by atoms with E-state index in [1.165, 1.54) is 12.8 Å². The summed E-state index contributed by atoms with van der Waals surface area (Å²) in [5.74, 6) is 3.96. The third-order valence-electron chi connectivity index (χ3n) is 8.68. The van der Waals surface area contributed by atoms with Crippen molar-refractivity contribution in [1.82, 2.24) is 20.3 Å². The minimum atomic E-state index is 0.265. The molecule has 3 heterocycles. The van der Waals surface area contributed by atoms with Crippen LogP contribution in [0.25, 0.3) is 22.0 Å². The number of nitrogens with one attached hydrogen (secondary N) is 2. The number of benzene rings is 2. The average Bonchev–Trinajstić information content (AvgIpc) is 3.89. The smallest absolute Gasteiger partial charge is 0.228 e. The number of anilines is 1. The van der Waals surface area contributed by atoms with Gasteiger partial charge in [-0.25, -0.2) is 15.0 Å². The number of fused-ring (bicyclic) bond motifs is 1. The second-order valence-electron chi connectivity index (χ2n) is 11.6. The van der Waals surface area contributed by atoms with Crippen LogP contribution < -0.4 is 15.4 Å². The third-order valence-corrected chi connectivity index (χ3v) is 8.68. The number of ether oxygens (including phenoxy) is 1. The van der Waals surface area contributed by atoms with Crippen molar-refractivity contribution < 1.29 is 9.53 Å². The van der Waals surface area contributed by atoms with Crippen molar-refractivity contribution in [3.05, 3.63) is 72.1 Å². The quantitative estimate of drug-likeness (QED) is 0.268. The third kappa shape index (κ3) is 5.18. The number of aromatic nitrogens is 3. The summed E-state index contributed by atoms with van der Waals surface area (Å²) < 4.78 is 6.59. The topological polar surface area (TPSA) is 89.0 Å². The Morgan fingerprint density at radius 1 is 1.02 bits per heavy atom. The molecule has 1 saturated heterocycles. The Kier molecular flexibility index (Phi) is 6.68. The first-order valence-corrected chi connectivity index (χ1v) is 14.6. The summed E-state index contributed by atoms with van der Waals surface area (Å²) in [5.41, 5.74) is 3.64. The zero-order chi connectivity index (χ0) is 27.1. The van der Waals surface area contributed by atoms with Crippen LogP contribution in [-0.4, -0.2) is 39.9 Å². The Morgan fingerprint density at radius 2 is 1.95 bits per heavy atom. The highest BCUT2D eigenvalue weighted by Gasteiger charge is 2.50. The lowest BCUT2D eigenvalue weighted by Crippen LogP contribution is -2.38. The van der Waals surface area contributed by atoms with Gasteiger partial charge >= 0.3 is 0 Å². The summed E-state index contributed by atoms with van der Waals surface area (Å²) in [5, 5.41) is 8.94. The maximum absolute atomic E-state index is 13.1. The van der Waals surface area contributed by atoms with E-state index in [0.717, 1.165) is 77.2 Å². The molecular formula is C33H35N5O2. The molecule has 2 aliphatic carbocycles. The number of hydrogen-bond donors (Lipinski definition) is 2. The molecule has 2 aromatic carbocycles. The fourth-order valence-corrected chi connectivity index (χ4v) is 6.24. The van der Waals surface area contributed by atoms with Crippen molar-refractivity contribution >= 4 is 22.5 Å². The predicted molar refractivity (Wildman–Crippen MR) is 157 cm³/mol. The zero-order valence-corrected chi connectivity index (χ0v) is 22.9. The van der Waals surface area contributed by atoms with Crippen molar-refractivity contribution in [3.8, 4) is 22.9 Å². The summed E-state index contributed by atoms with van der Waals surface area (Å²) in [7, 11) is 0. The molecule has 7 heteroatoms. The molecule has 7 nitrogen and oxygen atoms in total. The van der Waals surface area contributed by atoms with E-state index in [1.807, 2.05) is 31.2 Å². The molecule has 4 aromatic rings. The maximum Gasteiger partial charge on any atom is 0.228 e.